The van der Waals surface area contributed by atoms with Crippen LogP contribution in [0, 0.1) is 12.3 Å². The number of terminal acetylenes is 1. The van der Waals surface area contributed by atoms with Gasteiger partial charge in [-0.3, -0.25) is 4.79 Å². The van der Waals surface area contributed by atoms with Crippen molar-refractivity contribution in [1.29, 1.82) is 0 Å². The lowest BCUT2D eigenvalue weighted by Gasteiger charge is -2.29. The summed E-state index contributed by atoms with van der Waals surface area (Å²) in [6, 6.07) is 0. The molecule has 0 aromatic rings. The molecule has 0 unspecified atom stereocenters. The minimum atomic E-state index is -6.18. The number of carbonyl (C=O) groups is 1. The van der Waals surface area contributed by atoms with E-state index in [-0.39, 0.29) is 0 Å². The normalized spacial score (nSPS) is 12.9. The summed E-state index contributed by atoms with van der Waals surface area (Å²) in [6.45, 7) is -6.17. The lowest BCUT2D eigenvalue weighted by atomic mass is 10.7. The van der Waals surface area contributed by atoms with E-state index in [2.05, 4.69) is 11.2 Å². The van der Waals surface area contributed by atoms with Crippen LogP contribution >= 0.6 is 7.14 Å². The van der Waals surface area contributed by atoms with Crippen LogP contribution in [0.1, 0.15) is 0 Å². The Hall–Kier alpha value is -1.16. The van der Waals surface area contributed by atoms with Crippen LogP contribution in [0.3, 0.4) is 0 Å². The van der Waals surface area contributed by atoms with Crippen LogP contribution < -0.4 is 0 Å². The molecule has 0 spiro atoms. The maximum absolute atomic E-state index is 13.0. The molecule has 0 atom stereocenters. The molecule has 3 nitrogen and oxygen atoms in total. The maximum atomic E-state index is 13.0. The predicted octanol–water partition coefficient (Wildman–Crippen LogP) is 2.65. The van der Waals surface area contributed by atoms with Crippen LogP contribution in [0.15, 0.2) is 0 Å². The lowest BCUT2D eigenvalue weighted by Crippen LogP contribution is -2.36. The molecule has 10 heteroatoms. The molecule has 0 amide bonds. The zero-order valence-corrected chi connectivity index (χ0v) is 10.2. The summed E-state index contributed by atoms with van der Waals surface area (Å²) >= 11 is 0. The van der Waals surface area contributed by atoms with Crippen molar-refractivity contribution in [3.63, 3.8) is 0 Å². The Balaban J connectivity index is 5.40. The Labute approximate surface area is 104 Å². The zero-order valence-electron chi connectivity index (χ0n) is 9.35. The summed E-state index contributed by atoms with van der Waals surface area (Å²) < 4.78 is 91.8. The monoisotopic (exact) mass is 310 g/mol. The van der Waals surface area contributed by atoms with Gasteiger partial charge in [0.05, 0.1) is 0 Å². The van der Waals surface area contributed by atoms with Crippen molar-refractivity contribution < 1.29 is 40.4 Å². The van der Waals surface area contributed by atoms with E-state index in [1.165, 1.54) is 0 Å². The molecular formula is C9H9F6O3P. The third kappa shape index (κ3) is 3.66. The molecule has 0 aromatic heterocycles. The van der Waals surface area contributed by atoms with Gasteiger partial charge in [-0.15, -0.1) is 6.42 Å². The first-order valence-corrected chi connectivity index (χ1v) is 6.53. The van der Waals surface area contributed by atoms with Crippen molar-refractivity contribution >= 4 is 13.1 Å². The fourth-order valence-electron chi connectivity index (χ4n) is 1.01. The highest BCUT2D eigenvalue weighted by Crippen LogP contribution is 2.70. The van der Waals surface area contributed by atoms with E-state index >= 15 is 0 Å². The summed E-state index contributed by atoms with van der Waals surface area (Å²) in [5.41, 5.74) is -10.1. The van der Waals surface area contributed by atoms with Gasteiger partial charge in [0.1, 0.15) is 6.16 Å². The van der Waals surface area contributed by atoms with Crippen LogP contribution in [0.25, 0.3) is 0 Å². The fraction of sp³-hybridized carbons (Fsp3) is 0.667. The molecule has 0 aliphatic rings. The molecule has 0 aliphatic carbocycles. The minimum absolute atomic E-state index is 0.735. The second-order valence-electron chi connectivity index (χ2n) is 3.36. The molecule has 110 valence electrons. The average Bonchev–Trinajstić information content (AvgIpc) is 2.35. The van der Waals surface area contributed by atoms with Gasteiger partial charge in [0, 0.05) is 0 Å². The van der Waals surface area contributed by atoms with Crippen molar-refractivity contribution in [2.24, 2.45) is 0 Å². The van der Waals surface area contributed by atoms with Crippen LogP contribution in [-0.2, 0) is 14.1 Å². The molecule has 0 radical (unpaired) electrons. The quantitative estimate of drug-likeness (QED) is 0.314. The molecule has 0 bridgehead atoms. The summed E-state index contributed by atoms with van der Waals surface area (Å²) in [7, 11) is -6.18. The van der Waals surface area contributed by atoms with Crippen LogP contribution in [0.2, 0.25) is 0 Å². The number of ether oxygens (including phenoxy) is 1. The molecule has 0 fully saturated rings. The van der Waals surface area contributed by atoms with E-state index in [9.17, 15) is 35.7 Å². The van der Waals surface area contributed by atoms with Gasteiger partial charge in [0.2, 0.25) is 7.14 Å². The smallest absolute Gasteiger partial charge is 0.331 e. The summed E-state index contributed by atoms with van der Waals surface area (Å²) in [5.74, 6) is -0.0137. The third-order valence-corrected chi connectivity index (χ3v) is 5.10. The number of carbonyl (C=O) groups excluding carboxylic acids is 1. The van der Waals surface area contributed by atoms with Gasteiger partial charge in [-0.05, 0) is 0 Å². The van der Waals surface area contributed by atoms with E-state index in [0.29, 0.717) is 0 Å². The number of halogens is 6. The number of hydrogen-bond acceptors (Lipinski definition) is 3. The average molecular weight is 310 g/mol. The standard InChI is InChI=1S/C9H9F6O3P/c1-2-3-18-7(16)4-19(17,8(12,13)5-10)9(14,15)6-11/h1H,3-6H2. The number of hydrogen-bond donors (Lipinski definition) is 0. The molecular weight excluding hydrogens is 301 g/mol. The molecule has 0 aromatic carbocycles. The zero-order chi connectivity index (χ0) is 15.3. The Morgan fingerprint density at radius 2 is 1.58 bits per heavy atom. The van der Waals surface area contributed by atoms with Gasteiger partial charge in [0.25, 0.3) is 0 Å². The predicted molar refractivity (Wildman–Crippen MR) is 54.1 cm³/mol. The van der Waals surface area contributed by atoms with E-state index in [1.807, 2.05) is 0 Å². The van der Waals surface area contributed by atoms with Gasteiger partial charge in [-0.25, -0.2) is 8.78 Å². The Morgan fingerprint density at radius 3 is 1.89 bits per heavy atom. The molecule has 0 aliphatic heterocycles. The van der Waals surface area contributed by atoms with Gasteiger partial charge >= 0.3 is 17.3 Å². The van der Waals surface area contributed by atoms with Gasteiger partial charge in [-0.1, -0.05) is 5.92 Å². The summed E-state index contributed by atoms with van der Waals surface area (Å²) in [4.78, 5) is 10.9. The highest BCUT2D eigenvalue weighted by molar-refractivity contribution is 7.67. The molecule has 0 rings (SSSR count). The number of alkyl halides is 6. The highest BCUT2D eigenvalue weighted by atomic mass is 31.2. The second kappa shape index (κ2) is 6.33. The van der Waals surface area contributed by atoms with E-state index in [0.717, 1.165) is 0 Å². The van der Waals surface area contributed by atoms with Crippen molar-refractivity contribution in [2.75, 3.05) is 26.1 Å². The number of esters is 1. The minimum Gasteiger partial charge on any atom is -0.452 e. The molecule has 19 heavy (non-hydrogen) atoms. The van der Waals surface area contributed by atoms with Gasteiger partial charge < -0.3 is 9.30 Å². The first kappa shape index (κ1) is 17.8. The van der Waals surface area contributed by atoms with Crippen molar-refractivity contribution in [1.82, 2.24) is 0 Å². The SMILES string of the molecule is C#CCOC(=O)CP(=O)(C(F)(F)CF)C(F)(F)CF. The van der Waals surface area contributed by atoms with E-state index < -0.39 is 50.6 Å². The van der Waals surface area contributed by atoms with E-state index in [4.69, 9.17) is 0 Å². The fourth-order valence-corrected chi connectivity index (χ4v) is 2.80. The van der Waals surface area contributed by atoms with Gasteiger partial charge in [0.15, 0.2) is 20.0 Å². The summed E-state index contributed by atoms with van der Waals surface area (Å²) in [6.07, 6.45) is 2.64. The maximum Gasteiger partial charge on any atom is 0.331 e. The van der Waals surface area contributed by atoms with Crippen molar-refractivity contribution in [2.45, 2.75) is 11.3 Å². The molecule has 0 heterocycles. The van der Waals surface area contributed by atoms with Gasteiger partial charge in [-0.2, -0.15) is 17.6 Å². The van der Waals surface area contributed by atoms with Crippen LogP contribution in [0.4, 0.5) is 26.3 Å². The molecule has 0 saturated carbocycles. The Bertz CT molecular complexity index is 397. The third-order valence-electron chi connectivity index (χ3n) is 2.05. The first-order valence-electron chi connectivity index (χ1n) is 4.64. The van der Waals surface area contributed by atoms with Crippen LogP contribution in [-0.4, -0.2) is 43.4 Å². The second-order valence-corrected chi connectivity index (χ2v) is 6.47. The van der Waals surface area contributed by atoms with Crippen molar-refractivity contribution in [3.8, 4) is 12.3 Å². The Morgan fingerprint density at radius 1 is 1.16 bits per heavy atom. The lowest BCUT2D eigenvalue weighted by molar-refractivity contribution is -0.139. The number of rotatable bonds is 7. The van der Waals surface area contributed by atoms with E-state index in [1.54, 1.807) is 5.92 Å². The largest absolute Gasteiger partial charge is 0.452 e. The van der Waals surface area contributed by atoms with Crippen LogP contribution in [0.5, 0.6) is 0 Å². The molecule has 0 N–H and O–H groups in total. The molecule has 0 saturated heterocycles. The summed E-state index contributed by atoms with van der Waals surface area (Å²) in [5, 5.41) is 0. The topological polar surface area (TPSA) is 43.4 Å². The van der Waals surface area contributed by atoms with Crippen molar-refractivity contribution in [3.05, 3.63) is 0 Å². The first-order chi connectivity index (χ1) is 8.58. The highest BCUT2D eigenvalue weighted by Gasteiger charge is 2.66. The Kier molecular flexibility index (Phi) is 5.94.